The molecular weight excluding hydrogens is 631 g/mol. The number of hydrogen-bond donors (Lipinski definition) is 0. The molecule has 0 saturated carbocycles. The normalized spacial score (nSPS) is 11.8. The fourth-order valence-corrected chi connectivity index (χ4v) is 5.57. The van der Waals surface area contributed by atoms with Crippen molar-refractivity contribution in [3.63, 3.8) is 0 Å². The number of nitro groups is 1. The van der Waals surface area contributed by atoms with Gasteiger partial charge in [0.15, 0.2) is 16.7 Å². The lowest BCUT2D eigenvalue weighted by Gasteiger charge is -2.18. The van der Waals surface area contributed by atoms with Crippen molar-refractivity contribution in [3.05, 3.63) is 102 Å². The van der Waals surface area contributed by atoms with E-state index in [4.69, 9.17) is 9.47 Å². The largest absolute Gasteiger partial charge is 0.493 e. The van der Waals surface area contributed by atoms with Gasteiger partial charge < -0.3 is 9.47 Å². The lowest BCUT2D eigenvalue weighted by atomic mass is 10.1. The molecule has 0 amide bonds. The van der Waals surface area contributed by atoms with E-state index in [0.29, 0.717) is 44.8 Å². The highest BCUT2D eigenvalue weighted by Gasteiger charge is 2.26. The molecule has 0 saturated heterocycles. The molecule has 0 N–H and O–H groups in total. The average Bonchev–Trinajstić information content (AvgIpc) is 3.23. The summed E-state index contributed by atoms with van der Waals surface area (Å²) in [7, 11) is 1.52. The summed E-state index contributed by atoms with van der Waals surface area (Å²) in [6.45, 7) is 1.71. The summed E-state index contributed by atoms with van der Waals surface area (Å²) in [5, 5.41) is 19.8. The van der Waals surface area contributed by atoms with Crippen LogP contribution in [0, 0.1) is 22.9 Å². The molecule has 0 spiro atoms. The van der Waals surface area contributed by atoms with Gasteiger partial charge in [0.1, 0.15) is 23.5 Å². The predicted molar refractivity (Wildman–Crippen MR) is 146 cm³/mol. The minimum atomic E-state index is -0.622. The topological polar surface area (TPSA) is 92.3 Å². The second-order valence-corrected chi connectivity index (χ2v) is 10.9. The van der Waals surface area contributed by atoms with E-state index < -0.39 is 5.25 Å². The number of rotatable bonds is 10. The van der Waals surface area contributed by atoms with Crippen LogP contribution in [0.3, 0.4) is 0 Å². The second-order valence-electron chi connectivity index (χ2n) is 7.91. The molecule has 3 aromatic carbocycles. The minimum Gasteiger partial charge on any atom is -0.493 e. The van der Waals surface area contributed by atoms with Gasteiger partial charge in [-0.05, 0) is 82.5 Å². The van der Waals surface area contributed by atoms with Crippen molar-refractivity contribution in [1.82, 2.24) is 14.8 Å². The van der Waals surface area contributed by atoms with Crippen molar-refractivity contribution in [2.24, 2.45) is 0 Å². The third-order valence-corrected chi connectivity index (χ3v) is 7.66. The standard InChI is InChI=1S/C25H21Br2FN4O4S/c1-15-29-30-25(32(15)20-9-7-19(28)8-10-20)37-23(13-31(33)34)17-11-21(27)24(22(12-17)35-2)36-14-16-3-5-18(26)6-4-16/h3-12,23H,13-14H2,1-2H3/t23-/m0/s1. The molecular formula is C25H21Br2FN4O4S. The van der Waals surface area contributed by atoms with Gasteiger partial charge in [-0.15, -0.1) is 10.2 Å². The summed E-state index contributed by atoms with van der Waals surface area (Å²) in [6, 6.07) is 17.2. The molecule has 1 atom stereocenters. The molecule has 0 radical (unpaired) electrons. The van der Waals surface area contributed by atoms with E-state index in [2.05, 4.69) is 42.1 Å². The van der Waals surface area contributed by atoms with Crippen LogP contribution in [0.2, 0.25) is 0 Å². The first-order valence-corrected chi connectivity index (χ1v) is 13.4. The lowest BCUT2D eigenvalue weighted by Crippen LogP contribution is -2.12. The van der Waals surface area contributed by atoms with Gasteiger partial charge in [-0.1, -0.05) is 39.8 Å². The van der Waals surface area contributed by atoms with E-state index in [0.717, 1.165) is 10.0 Å². The average molecular weight is 652 g/mol. The van der Waals surface area contributed by atoms with Crippen LogP contribution in [0.1, 0.15) is 22.2 Å². The Morgan fingerprint density at radius 2 is 1.81 bits per heavy atom. The van der Waals surface area contributed by atoms with Crippen LogP contribution in [0.5, 0.6) is 11.5 Å². The number of ether oxygens (including phenoxy) is 2. The first-order chi connectivity index (χ1) is 17.7. The molecule has 0 aliphatic rings. The van der Waals surface area contributed by atoms with Gasteiger partial charge >= 0.3 is 0 Å². The fraction of sp³-hybridized carbons (Fsp3) is 0.200. The van der Waals surface area contributed by atoms with Crippen LogP contribution in [-0.4, -0.2) is 33.3 Å². The molecule has 192 valence electrons. The van der Waals surface area contributed by atoms with Crippen molar-refractivity contribution >= 4 is 43.6 Å². The van der Waals surface area contributed by atoms with Gasteiger partial charge in [0.2, 0.25) is 6.54 Å². The van der Waals surface area contributed by atoms with Gasteiger partial charge in [0.05, 0.1) is 11.6 Å². The second kappa shape index (κ2) is 12.1. The zero-order valence-electron chi connectivity index (χ0n) is 19.7. The number of nitrogens with zero attached hydrogens (tertiary/aromatic N) is 4. The minimum absolute atomic E-state index is 0.314. The summed E-state index contributed by atoms with van der Waals surface area (Å²) in [6.07, 6.45) is 0. The zero-order valence-corrected chi connectivity index (χ0v) is 23.7. The number of benzene rings is 3. The molecule has 8 nitrogen and oxygen atoms in total. The quantitative estimate of drug-likeness (QED) is 0.104. The van der Waals surface area contributed by atoms with Crippen molar-refractivity contribution < 1.29 is 18.8 Å². The highest BCUT2D eigenvalue weighted by molar-refractivity contribution is 9.10. The molecule has 1 aromatic heterocycles. The Bertz CT molecular complexity index is 1400. The van der Waals surface area contributed by atoms with Crippen molar-refractivity contribution in [3.8, 4) is 17.2 Å². The van der Waals surface area contributed by atoms with E-state index in [1.165, 1.54) is 31.0 Å². The molecule has 12 heteroatoms. The Hall–Kier alpha value is -2.96. The Morgan fingerprint density at radius 1 is 1.11 bits per heavy atom. The lowest BCUT2D eigenvalue weighted by molar-refractivity contribution is -0.479. The summed E-state index contributed by atoms with van der Waals surface area (Å²) in [4.78, 5) is 11.2. The van der Waals surface area contributed by atoms with Crippen LogP contribution < -0.4 is 9.47 Å². The summed E-state index contributed by atoms with van der Waals surface area (Å²) < 4.78 is 28.4. The SMILES string of the molecule is COc1cc([C@H](C[N+](=O)[O-])Sc2nnc(C)n2-c2ccc(F)cc2)cc(Br)c1OCc1ccc(Br)cc1. The van der Waals surface area contributed by atoms with Gasteiger partial charge in [-0.3, -0.25) is 14.7 Å². The smallest absolute Gasteiger partial charge is 0.220 e. The number of methoxy groups -OCH3 is 1. The maximum Gasteiger partial charge on any atom is 0.220 e. The van der Waals surface area contributed by atoms with Crippen LogP contribution in [0.4, 0.5) is 4.39 Å². The molecule has 0 aliphatic carbocycles. The third-order valence-electron chi connectivity index (χ3n) is 5.36. The number of aryl methyl sites for hydroxylation is 1. The van der Waals surface area contributed by atoms with E-state index in [-0.39, 0.29) is 17.3 Å². The number of aromatic nitrogens is 3. The maximum absolute atomic E-state index is 13.5. The third kappa shape index (κ3) is 6.68. The van der Waals surface area contributed by atoms with Crippen LogP contribution >= 0.6 is 43.6 Å². The Labute approximate surface area is 233 Å². The Kier molecular flexibility index (Phi) is 8.83. The highest BCUT2D eigenvalue weighted by atomic mass is 79.9. The first kappa shape index (κ1) is 27.1. The van der Waals surface area contributed by atoms with E-state index in [9.17, 15) is 14.5 Å². The molecule has 37 heavy (non-hydrogen) atoms. The number of thioether (sulfide) groups is 1. The van der Waals surface area contributed by atoms with Gasteiger partial charge in [-0.25, -0.2) is 4.39 Å². The van der Waals surface area contributed by atoms with E-state index in [1.807, 2.05) is 24.3 Å². The fourth-order valence-electron chi connectivity index (χ4n) is 3.58. The van der Waals surface area contributed by atoms with E-state index >= 15 is 0 Å². The zero-order chi connectivity index (χ0) is 26.5. The van der Waals surface area contributed by atoms with Gasteiger partial charge in [0, 0.05) is 15.1 Å². The Balaban J connectivity index is 1.64. The predicted octanol–water partition coefficient (Wildman–Crippen LogP) is 6.94. The van der Waals surface area contributed by atoms with Crippen molar-refractivity contribution in [2.75, 3.05) is 13.7 Å². The maximum atomic E-state index is 13.5. The summed E-state index contributed by atoms with van der Waals surface area (Å²) in [5.74, 6) is 1.13. The monoisotopic (exact) mass is 650 g/mol. The van der Waals surface area contributed by atoms with Crippen molar-refractivity contribution in [1.29, 1.82) is 0 Å². The van der Waals surface area contributed by atoms with E-state index in [1.54, 1.807) is 35.8 Å². The molecule has 4 aromatic rings. The summed E-state index contributed by atoms with van der Waals surface area (Å²) >= 11 is 8.16. The molecule has 0 aliphatic heterocycles. The number of halogens is 3. The molecule has 0 fully saturated rings. The van der Waals surface area contributed by atoms with Crippen LogP contribution in [0.15, 0.2) is 74.8 Å². The highest BCUT2D eigenvalue weighted by Crippen LogP contribution is 2.43. The van der Waals surface area contributed by atoms with Crippen LogP contribution in [0.25, 0.3) is 5.69 Å². The first-order valence-electron chi connectivity index (χ1n) is 11.0. The van der Waals surface area contributed by atoms with Gasteiger partial charge in [-0.2, -0.15) is 0 Å². The molecule has 4 rings (SSSR count). The number of hydrogen-bond acceptors (Lipinski definition) is 7. The van der Waals surface area contributed by atoms with Crippen molar-refractivity contribution in [2.45, 2.75) is 23.9 Å². The van der Waals surface area contributed by atoms with Crippen LogP contribution in [-0.2, 0) is 6.61 Å². The molecule has 0 bridgehead atoms. The Morgan fingerprint density at radius 3 is 2.46 bits per heavy atom. The molecule has 1 heterocycles. The summed E-state index contributed by atoms with van der Waals surface area (Å²) in [5.41, 5.74) is 2.27. The van der Waals surface area contributed by atoms with Gasteiger partial charge in [0.25, 0.3) is 0 Å². The molecule has 0 unspecified atom stereocenters.